The summed E-state index contributed by atoms with van der Waals surface area (Å²) in [5, 5.41) is 9.47. The molecular weight excluding hydrogens is 506 g/mol. The Morgan fingerprint density at radius 1 is 1.10 bits per heavy atom. The lowest BCUT2D eigenvalue weighted by Gasteiger charge is -2.32. The van der Waals surface area contributed by atoms with Crippen LogP contribution in [-0.4, -0.2) is 52.3 Å². The van der Waals surface area contributed by atoms with Gasteiger partial charge in [0.15, 0.2) is 11.5 Å². The molecule has 6 rings (SSSR count). The first-order chi connectivity index (χ1) is 19.3. The topological polar surface area (TPSA) is 86.0 Å². The zero-order chi connectivity index (χ0) is 27.9. The van der Waals surface area contributed by atoms with E-state index in [4.69, 9.17) is 19.2 Å². The zero-order valence-corrected chi connectivity index (χ0v) is 23.2. The van der Waals surface area contributed by atoms with Gasteiger partial charge in [-0.15, -0.1) is 0 Å². The number of piperidine rings is 1. The quantitative estimate of drug-likeness (QED) is 0.306. The van der Waals surface area contributed by atoms with E-state index in [1.165, 1.54) is 11.1 Å². The van der Waals surface area contributed by atoms with E-state index >= 15 is 0 Å². The molecular formula is C32H35N3O5. The number of carboxylic acid groups (broad SMARTS) is 1. The number of imidazole rings is 1. The maximum Gasteiger partial charge on any atom is 0.335 e. The number of para-hydroxylation sites is 1. The Balaban J connectivity index is 1.18. The molecule has 8 heteroatoms. The van der Waals surface area contributed by atoms with Crippen molar-refractivity contribution in [3.8, 4) is 11.5 Å². The maximum absolute atomic E-state index is 11.6. The Kier molecular flexibility index (Phi) is 6.98. The molecule has 0 spiro atoms. The number of hydrogen-bond donors (Lipinski definition) is 1. The molecule has 0 saturated carbocycles. The van der Waals surface area contributed by atoms with Crippen molar-refractivity contribution in [3.63, 3.8) is 0 Å². The molecule has 8 nitrogen and oxygen atoms in total. The fourth-order valence-corrected chi connectivity index (χ4v) is 5.98. The molecule has 3 aromatic carbocycles. The van der Waals surface area contributed by atoms with Crippen molar-refractivity contribution >= 4 is 17.0 Å². The number of aryl methyl sites for hydroxylation is 1. The normalized spacial score (nSPS) is 19.4. The second-order valence-electron chi connectivity index (χ2n) is 10.9. The molecule has 1 atom stereocenters. The summed E-state index contributed by atoms with van der Waals surface area (Å²) in [5.74, 6) is 1.19. The number of hydrogen-bond acceptors (Lipinski definition) is 6. The number of carboxylic acids is 1. The van der Waals surface area contributed by atoms with Gasteiger partial charge in [0.1, 0.15) is 5.82 Å². The second kappa shape index (κ2) is 10.6. The minimum atomic E-state index is -0.939. The van der Waals surface area contributed by atoms with Crippen molar-refractivity contribution < 1.29 is 24.1 Å². The molecule has 1 fully saturated rings. The average Bonchev–Trinajstić information content (AvgIpc) is 3.48. The molecule has 4 aromatic rings. The highest BCUT2D eigenvalue weighted by molar-refractivity contribution is 5.92. The first-order valence-electron chi connectivity index (χ1n) is 13.9. The first kappa shape index (κ1) is 26.3. The number of fused-ring (bicyclic) bond motifs is 2. The van der Waals surface area contributed by atoms with Crippen LogP contribution in [0.15, 0.2) is 60.7 Å². The third-order valence-corrected chi connectivity index (χ3v) is 8.14. The fraction of sp³-hybridized carbons (Fsp3) is 0.375. The van der Waals surface area contributed by atoms with Gasteiger partial charge in [0, 0.05) is 31.7 Å². The molecule has 2 aliphatic rings. The molecule has 3 heterocycles. The molecule has 1 unspecified atom stereocenters. The second-order valence-corrected chi connectivity index (χ2v) is 10.9. The SMILES string of the molecule is COCCn1c(CN2CCC(c3cccc4c3OC(C)(c3cccc(C)c3)O4)CC2)nc2ccc(C(=O)O)cc21. The van der Waals surface area contributed by atoms with Crippen LogP contribution in [0, 0.1) is 6.92 Å². The lowest BCUT2D eigenvalue weighted by molar-refractivity contribution is -0.0685. The first-order valence-corrected chi connectivity index (χ1v) is 13.9. The van der Waals surface area contributed by atoms with E-state index < -0.39 is 11.8 Å². The van der Waals surface area contributed by atoms with Crippen molar-refractivity contribution in [1.82, 2.24) is 14.5 Å². The Hall–Kier alpha value is -3.88. The molecule has 1 saturated heterocycles. The fourth-order valence-electron chi connectivity index (χ4n) is 5.98. The molecule has 208 valence electrons. The van der Waals surface area contributed by atoms with E-state index in [0.29, 0.717) is 25.6 Å². The van der Waals surface area contributed by atoms with Gasteiger partial charge < -0.3 is 23.9 Å². The lowest BCUT2D eigenvalue weighted by atomic mass is 9.88. The number of aromatic nitrogens is 2. The van der Waals surface area contributed by atoms with Gasteiger partial charge in [-0.1, -0.05) is 35.9 Å². The molecule has 0 bridgehead atoms. The molecule has 1 N–H and O–H groups in total. The monoisotopic (exact) mass is 541 g/mol. The summed E-state index contributed by atoms with van der Waals surface area (Å²) in [6, 6.07) is 19.6. The number of methoxy groups -OCH3 is 1. The van der Waals surface area contributed by atoms with E-state index in [2.05, 4.69) is 46.7 Å². The minimum absolute atomic E-state index is 0.263. The van der Waals surface area contributed by atoms with E-state index in [1.807, 2.05) is 19.1 Å². The van der Waals surface area contributed by atoms with Crippen molar-refractivity contribution in [3.05, 3.63) is 88.7 Å². The van der Waals surface area contributed by atoms with Crippen LogP contribution in [-0.2, 0) is 23.6 Å². The number of nitrogens with zero attached hydrogens (tertiary/aromatic N) is 3. The third-order valence-electron chi connectivity index (χ3n) is 8.14. The van der Waals surface area contributed by atoms with Gasteiger partial charge in [-0.25, -0.2) is 9.78 Å². The molecule has 0 amide bonds. The molecule has 0 radical (unpaired) electrons. The van der Waals surface area contributed by atoms with Crippen molar-refractivity contribution in [2.45, 2.75) is 51.5 Å². The van der Waals surface area contributed by atoms with Crippen LogP contribution in [0.25, 0.3) is 11.0 Å². The summed E-state index contributed by atoms with van der Waals surface area (Å²) >= 11 is 0. The van der Waals surface area contributed by atoms with Crippen LogP contribution in [0.5, 0.6) is 11.5 Å². The van der Waals surface area contributed by atoms with Gasteiger partial charge in [-0.3, -0.25) is 4.90 Å². The Morgan fingerprint density at radius 3 is 2.65 bits per heavy atom. The third kappa shape index (κ3) is 4.93. The summed E-state index contributed by atoms with van der Waals surface area (Å²) in [4.78, 5) is 18.9. The number of likely N-dealkylation sites (tertiary alicyclic amines) is 1. The van der Waals surface area contributed by atoms with Crippen LogP contribution in [0.1, 0.15) is 58.6 Å². The zero-order valence-electron chi connectivity index (χ0n) is 23.2. The summed E-state index contributed by atoms with van der Waals surface area (Å²) in [7, 11) is 1.67. The maximum atomic E-state index is 11.6. The van der Waals surface area contributed by atoms with Crippen LogP contribution in [0.3, 0.4) is 0 Å². The number of aromatic carboxylic acids is 1. The number of rotatable bonds is 8. The highest BCUT2D eigenvalue weighted by Gasteiger charge is 2.41. The van der Waals surface area contributed by atoms with Gasteiger partial charge in [0.05, 0.1) is 29.7 Å². The smallest absolute Gasteiger partial charge is 0.335 e. The van der Waals surface area contributed by atoms with Gasteiger partial charge in [0.2, 0.25) is 0 Å². The molecule has 1 aromatic heterocycles. The van der Waals surface area contributed by atoms with Crippen molar-refractivity contribution in [2.24, 2.45) is 0 Å². The van der Waals surface area contributed by atoms with E-state index in [1.54, 1.807) is 25.3 Å². The largest absolute Gasteiger partial charge is 0.478 e. The Labute approximate surface area is 234 Å². The minimum Gasteiger partial charge on any atom is -0.478 e. The number of benzene rings is 3. The van der Waals surface area contributed by atoms with E-state index in [-0.39, 0.29) is 5.56 Å². The van der Waals surface area contributed by atoms with Gasteiger partial charge in [0.25, 0.3) is 5.79 Å². The van der Waals surface area contributed by atoms with Crippen LogP contribution in [0.4, 0.5) is 0 Å². The number of carbonyl (C=O) groups is 1. The predicted octanol–water partition coefficient (Wildman–Crippen LogP) is 5.71. The predicted molar refractivity (Wildman–Crippen MR) is 152 cm³/mol. The summed E-state index contributed by atoms with van der Waals surface area (Å²) in [6.45, 7) is 7.77. The van der Waals surface area contributed by atoms with Crippen LogP contribution >= 0.6 is 0 Å². The molecule has 0 aliphatic carbocycles. The molecule has 2 aliphatic heterocycles. The van der Waals surface area contributed by atoms with Gasteiger partial charge >= 0.3 is 5.97 Å². The lowest BCUT2D eigenvalue weighted by Crippen LogP contribution is -2.34. The number of ether oxygens (including phenoxy) is 3. The van der Waals surface area contributed by atoms with Crippen LogP contribution in [0.2, 0.25) is 0 Å². The van der Waals surface area contributed by atoms with E-state index in [0.717, 1.165) is 59.9 Å². The Morgan fingerprint density at radius 2 is 1.90 bits per heavy atom. The van der Waals surface area contributed by atoms with Gasteiger partial charge in [-0.05, 0) is 69.1 Å². The molecule has 40 heavy (non-hydrogen) atoms. The highest BCUT2D eigenvalue weighted by atomic mass is 16.7. The van der Waals surface area contributed by atoms with Crippen LogP contribution < -0.4 is 9.47 Å². The average molecular weight is 542 g/mol. The summed E-state index contributed by atoms with van der Waals surface area (Å²) in [6.07, 6.45) is 2.00. The summed E-state index contributed by atoms with van der Waals surface area (Å²) in [5.41, 5.74) is 5.29. The van der Waals surface area contributed by atoms with Crippen molar-refractivity contribution in [2.75, 3.05) is 26.8 Å². The summed E-state index contributed by atoms with van der Waals surface area (Å²) < 4.78 is 20.4. The Bertz CT molecular complexity index is 1560. The standard InChI is InChI=1S/C32H35N3O5/c1-21-6-4-7-24(18-21)32(2)39-28-9-5-8-25(30(28)40-32)22-12-14-34(15-13-22)20-29-33-26-11-10-23(31(36)37)19-27(26)35(29)16-17-38-3/h4-11,18-19,22H,12-17,20H2,1-3H3,(H,36,37). The highest BCUT2D eigenvalue weighted by Crippen LogP contribution is 2.49. The van der Waals surface area contributed by atoms with Gasteiger partial charge in [-0.2, -0.15) is 0 Å². The van der Waals surface area contributed by atoms with E-state index in [9.17, 15) is 9.90 Å². The van der Waals surface area contributed by atoms with Crippen molar-refractivity contribution in [1.29, 1.82) is 0 Å².